The van der Waals surface area contributed by atoms with Crippen LogP contribution in [0.2, 0.25) is 0 Å². The maximum absolute atomic E-state index is 12.1. The van der Waals surface area contributed by atoms with E-state index in [2.05, 4.69) is 45.9 Å². The Balaban J connectivity index is 1.90. The van der Waals surface area contributed by atoms with Gasteiger partial charge in [0.15, 0.2) is 0 Å². The van der Waals surface area contributed by atoms with Crippen molar-refractivity contribution in [1.29, 1.82) is 0 Å². The van der Waals surface area contributed by atoms with Crippen LogP contribution in [0.25, 0.3) is 5.70 Å². The van der Waals surface area contributed by atoms with E-state index < -0.39 is 0 Å². The lowest BCUT2D eigenvalue weighted by Crippen LogP contribution is -2.43. The molecular formula is C20H22BrN3O2. The predicted molar refractivity (Wildman–Crippen MR) is 107 cm³/mol. The van der Waals surface area contributed by atoms with Crippen molar-refractivity contribution >= 4 is 33.4 Å². The molecule has 2 aromatic rings. The zero-order chi connectivity index (χ0) is 18.9. The molecular weight excluding hydrogens is 394 g/mol. The van der Waals surface area contributed by atoms with Crippen LogP contribution >= 0.6 is 15.9 Å². The van der Waals surface area contributed by atoms with E-state index >= 15 is 0 Å². The first-order chi connectivity index (χ1) is 12.5. The average molecular weight is 416 g/mol. The van der Waals surface area contributed by atoms with Gasteiger partial charge in [-0.2, -0.15) is 0 Å². The second-order valence-corrected chi connectivity index (χ2v) is 6.88. The van der Waals surface area contributed by atoms with Crippen molar-refractivity contribution in [3.63, 3.8) is 0 Å². The highest BCUT2D eigenvalue weighted by atomic mass is 79.9. The average Bonchev–Trinajstić information content (AvgIpc) is 2.64. The topological polar surface area (TPSA) is 70.2 Å². The van der Waals surface area contributed by atoms with E-state index in [9.17, 15) is 9.59 Å². The van der Waals surface area contributed by atoms with Crippen LogP contribution in [0.4, 0.5) is 0 Å². The molecule has 6 heteroatoms. The van der Waals surface area contributed by atoms with E-state index in [0.717, 1.165) is 11.3 Å². The molecule has 0 saturated carbocycles. The van der Waals surface area contributed by atoms with Gasteiger partial charge in [0.1, 0.15) is 0 Å². The Morgan fingerprint density at radius 1 is 1.00 bits per heavy atom. The van der Waals surface area contributed by atoms with Gasteiger partial charge in [-0.3, -0.25) is 20.4 Å². The molecule has 136 valence electrons. The quantitative estimate of drug-likeness (QED) is 0.606. The summed E-state index contributed by atoms with van der Waals surface area (Å²) in [6.07, 6.45) is 2.02. The molecule has 2 amide bonds. The van der Waals surface area contributed by atoms with Gasteiger partial charge in [-0.15, -0.1) is 0 Å². The van der Waals surface area contributed by atoms with Gasteiger partial charge in [0.2, 0.25) is 0 Å². The maximum atomic E-state index is 12.1. The minimum atomic E-state index is -0.337. The molecule has 0 aromatic heterocycles. The molecule has 2 aromatic carbocycles. The summed E-state index contributed by atoms with van der Waals surface area (Å²) < 4.78 is 0.683. The highest BCUT2D eigenvalue weighted by Crippen LogP contribution is 2.15. The summed E-state index contributed by atoms with van der Waals surface area (Å²) in [6, 6.07) is 16.8. The molecule has 26 heavy (non-hydrogen) atoms. The van der Waals surface area contributed by atoms with Gasteiger partial charge in [-0.25, -0.2) is 0 Å². The first-order valence-corrected chi connectivity index (χ1v) is 9.11. The number of rotatable bonds is 7. The number of carbonyl (C=O) groups is 2. The minimum Gasteiger partial charge on any atom is -0.343 e. The number of amides is 2. The molecule has 3 N–H and O–H groups in total. The molecule has 0 bridgehead atoms. The van der Waals surface area contributed by atoms with E-state index in [1.165, 1.54) is 0 Å². The third kappa shape index (κ3) is 6.04. The van der Waals surface area contributed by atoms with Gasteiger partial charge in [0, 0.05) is 4.47 Å². The van der Waals surface area contributed by atoms with Crippen molar-refractivity contribution in [2.24, 2.45) is 5.92 Å². The molecule has 0 aliphatic carbocycles. The molecule has 0 unspecified atom stereocenters. The van der Waals surface area contributed by atoms with Gasteiger partial charge in [-0.05, 0) is 39.5 Å². The highest BCUT2D eigenvalue weighted by molar-refractivity contribution is 9.10. The molecule has 0 saturated heterocycles. The Bertz CT molecular complexity index is 789. The van der Waals surface area contributed by atoms with Gasteiger partial charge in [0.05, 0.1) is 17.8 Å². The number of carbonyl (C=O) groups excluding carboxylic acids is 2. The molecule has 0 radical (unpaired) electrons. The zero-order valence-electron chi connectivity index (χ0n) is 14.8. The minimum absolute atomic E-state index is 0.128. The summed E-state index contributed by atoms with van der Waals surface area (Å²) in [6.45, 7) is 3.99. The Kier molecular flexibility index (Phi) is 7.41. The van der Waals surface area contributed by atoms with Crippen molar-refractivity contribution in [2.75, 3.05) is 6.54 Å². The van der Waals surface area contributed by atoms with E-state index in [1.807, 2.05) is 42.5 Å². The van der Waals surface area contributed by atoms with Gasteiger partial charge in [-0.1, -0.05) is 62.4 Å². The highest BCUT2D eigenvalue weighted by Gasteiger charge is 2.11. The molecule has 5 nitrogen and oxygen atoms in total. The van der Waals surface area contributed by atoms with Gasteiger partial charge >= 0.3 is 0 Å². The molecule has 0 aliphatic heterocycles. The summed E-state index contributed by atoms with van der Waals surface area (Å²) in [5, 5.41) is 2.60. The van der Waals surface area contributed by atoms with Crippen LogP contribution in [-0.2, 0) is 4.79 Å². The van der Waals surface area contributed by atoms with Crippen molar-refractivity contribution in [3.8, 4) is 0 Å². The first kappa shape index (κ1) is 19.7. The van der Waals surface area contributed by atoms with E-state index in [1.54, 1.807) is 18.2 Å². The second-order valence-electron chi connectivity index (χ2n) is 6.03. The number of allylic oxidation sites excluding steroid dienone is 1. The predicted octanol–water partition coefficient (Wildman–Crippen LogP) is 3.50. The smallest absolute Gasteiger partial charge is 0.257 e. The molecule has 0 atom stereocenters. The lowest BCUT2D eigenvalue weighted by atomic mass is 10.1. The Morgan fingerprint density at radius 3 is 2.31 bits per heavy atom. The van der Waals surface area contributed by atoms with E-state index in [0.29, 0.717) is 16.0 Å². The fourth-order valence-electron chi connectivity index (χ4n) is 2.24. The number of hydrogen-bond acceptors (Lipinski definition) is 3. The summed E-state index contributed by atoms with van der Waals surface area (Å²) >= 11 is 3.32. The number of hydrazine groups is 1. The summed E-state index contributed by atoms with van der Waals surface area (Å²) in [5.41, 5.74) is 7.83. The maximum Gasteiger partial charge on any atom is 0.257 e. The van der Waals surface area contributed by atoms with Crippen LogP contribution in [0, 0.1) is 5.92 Å². The Morgan fingerprint density at radius 2 is 1.65 bits per heavy atom. The summed E-state index contributed by atoms with van der Waals surface area (Å²) in [4.78, 5) is 24.2. The standard InChI is InChI=1S/C20H22BrN3O2/c1-14(2)12-18(15-8-4-3-5-9-15)23-24-19(25)13-22-20(26)16-10-6-7-11-17(16)21/h3-12,14,23H,13H2,1-2H3,(H,22,26)(H,24,25). The number of hydrogen-bond donors (Lipinski definition) is 3. The van der Waals surface area contributed by atoms with E-state index in [4.69, 9.17) is 0 Å². The fourth-order valence-corrected chi connectivity index (χ4v) is 2.71. The first-order valence-electron chi connectivity index (χ1n) is 8.32. The summed E-state index contributed by atoms with van der Waals surface area (Å²) in [7, 11) is 0. The molecule has 2 rings (SSSR count). The SMILES string of the molecule is CC(C)C=C(NNC(=O)CNC(=O)c1ccccc1Br)c1ccccc1. The summed E-state index contributed by atoms with van der Waals surface area (Å²) in [5.74, 6) is -0.339. The van der Waals surface area contributed by atoms with Crippen LogP contribution in [0.5, 0.6) is 0 Å². The second kappa shape index (κ2) is 9.77. The number of halogens is 1. The van der Waals surface area contributed by atoms with Crippen molar-refractivity contribution in [2.45, 2.75) is 13.8 Å². The lowest BCUT2D eigenvalue weighted by molar-refractivity contribution is -0.120. The van der Waals surface area contributed by atoms with Crippen molar-refractivity contribution in [1.82, 2.24) is 16.2 Å². The van der Waals surface area contributed by atoms with Gasteiger partial charge < -0.3 is 5.32 Å². The Labute approximate surface area is 162 Å². The van der Waals surface area contributed by atoms with Crippen LogP contribution in [0.15, 0.2) is 65.1 Å². The molecule has 0 spiro atoms. The number of nitrogens with one attached hydrogen (secondary N) is 3. The zero-order valence-corrected chi connectivity index (χ0v) is 16.3. The van der Waals surface area contributed by atoms with Gasteiger partial charge in [0.25, 0.3) is 11.8 Å². The third-order valence-electron chi connectivity index (χ3n) is 3.45. The van der Waals surface area contributed by atoms with Crippen molar-refractivity contribution in [3.05, 3.63) is 76.3 Å². The van der Waals surface area contributed by atoms with Crippen LogP contribution in [0.1, 0.15) is 29.8 Å². The Hall–Kier alpha value is -2.60. The van der Waals surface area contributed by atoms with Crippen molar-refractivity contribution < 1.29 is 9.59 Å². The lowest BCUT2D eigenvalue weighted by Gasteiger charge is -2.14. The molecule has 0 aliphatic rings. The monoisotopic (exact) mass is 415 g/mol. The molecule has 0 heterocycles. The van der Waals surface area contributed by atoms with Crippen LogP contribution in [0.3, 0.4) is 0 Å². The fraction of sp³-hybridized carbons (Fsp3) is 0.200. The third-order valence-corrected chi connectivity index (χ3v) is 4.14. The normalized spacial score (nSPS) is 11.2. The molecule has 0 fully saturated rings. The van der Waals surface area contributed by atoms with Crippen LogP contribution < -0.4 is 16.2 Å². The largest absolute Gasteiger partial charge is 0.343 e. The number of benzene rings is 2. The van der Waals surface area contributed by atoms with E-state index in [-0.39, 0.29) is 18.4 Å². The van der Waals surface area contributed by atoms with Crippen LogP contribution in [-0.4, -0.2) is 18.4 Å².